The van der Waals surface area contributed by atoms with Gasteiger partial charge in [-0.1, -0.05) is 18.2 Å². The molecule has 2 aromatic rings. The number of carbonyl (C=O) groups excluding carboxylic acids is 2. The van der Waals surface area contributed by atoms with Crippen molar-refractivity contribution in [1.82, 2.24) is 5.32 Å². The number of rotatable bonds is 8. The SMILES string of the molecule is CCOc1ccc(/C=C/C(=O)Nc2ccccc2C(=O)NC2CC2)cc1OC. The third kappa shape index (κ3) is 5.13. The van der Waals surface area contributed by atoms with Crippen molar-refractivity contribution in [2.24, 2.45) is 0 Å². The molecule has 28 heavy (non-hydrogen) atoms. The average Bonchev–Trinajstić information content (AvgIpc) is 3.51. The molecule has 6 nitrogen and oxygen atoms in total. The van der Waals surface area contributed by atoms with Crippen LogP contribution in [-0.4, -0.2) is 31.6 Å². The Morgan fingerprint density at radius 1 is 1.14 bits per heavy atom. The third-order valence-corrected chi connectivity index (χ3v) is 4.26. The molecule has 1 aliphatic rings. The first kappa shape index (κ1) is 19.5. The molecule has 0 saturated heterocycles. The number of carbonyl (C=O) groups is 2. The number of hydrogen-bond donors (Lipinski definition) is 2. The molecule has 0 bridgehead atoms. The first-order chi connectivity index (χ1) is 13.6. The molecule has 3 rings (SSSR count). The zero-order chi connectivity index (χ0) is 19.9. The molecule has 6 heteroatoms. The van der Waals surface area contributed by atoms with E-state index in [9.17, 15) is 9.59 Å². The monoisotopic (exact) mass is 380 g/mol. The molecule has 0 spiro atoms. The molecule has 0 aromatic heterocycles. The van der Waals surface area contributed by atoms with Gasteiger partial charge in [0.1, 0.15) is 0 Å². The minimum Gasteiger partial charge on any atom is -0.493 e. The van der Waals surface area contributed by atoms with E-state index >= 15 is 0 Å². The minimum absolute atomic E-state index is 0.168. The van der Waals surface area contributed by atoms with Crippen LogP contribution in [0.15, 0.2) is 48.5 Å². The van der Waals surface area contributed by atoms with Crippen LogP contribution in [0.2, 0.25) is 0 Å². The van der Waals surface area contributed by atoms with E-state index in [0.29, 0.717) is 29.4 Å². The highest BCUT2D eigenvalue weighted by Gasteiger charge is 2.24. The second-order valence-corrected chi connectivity index (χ2v) is 6.46. The van der Waals surface area contributed by atoms with E-state index < -0.39 is 0 Å². The van der Waals surface area contributed by atoms with Crippen LogP contribution in [0, 0.1) is 0 Å². The second-order valence-electron chi connectivity index (χ2n) is 6.46. The molecule has 0 heterocycles. The predicted molar refractivity (Wildman–Crippen MR) is 109 cm³/mol. The Hall–Kier alpha value is -3.28. The Morgan fingerprint density at radius 2 is 1.93 bits per heavy atom. The molecule has 2 amide bonds. The standard InChI is InChI=1S/C22H24N2O4/c1-3-28-19-12-8-15(14-20(19)27-2)9-13-21(25)24-18-7-5-4-6-17(18)22(26)23-16-10-11-16/h4-9,12-14,16H,3,10-11H2,1-2H3,(H,23,26)(H,24,25)/b13-9+. The number of para-hydroxylation sites is 1. The van der Waals surface area contributed by atoms with Crippen LogP contribution in [0.25, 0.3) is 6.08 Å². The lowest BCUT2D eigenvalue weighted by Gasteiger charge is -2.10. The number of amides is 2. The molecular weight excluding hydrogens is 356 g/mol. The smallest absolute Gasteiger partial charge is 0.253 e. The van der Waals surface area contributed by atoms with E-state index in [4.69, 9.17) is 9.47 Å². The molecule has 146 valence electrons. The Kier molecular flexibility index (Phi) is 6.32. The molecular formula is C22H24N2O4. The van der Waals surface area contributed by atoms with Crippen LogP contribution in [0.3, 0.4) is 0 Å². The third-order valence-electron chi connectivity index (χ3n) is 4.26. The van der Waals surface area contributed by atoms with E-state index in [0.717, 1.165) is 18.4 Å². The summed E-state index contributed by atoms with van der Waals surface area (Å²) in [7, 11) is 1.57. The Morgan fingerprint density at radius 3 is 2.64 bits per heavy atom. The maximum Gasteiger partial charge on any atom is 0.253 e. The van der Waals surface area contributed by atoms with Gasteiger partial charge >= 0.3 is 0 Å². The van der Waals surface area contributed by atoms with Gasteiger partial charge in [-0.2, -0.15) is 0 Å². The molecule has 1 aliphatic carbocycles. The van der Waals surface area contributed by atoms with Gasteiger partial charge in [0.05, 0.1) is 25.0 Å². The maximum absolute atomic E-state index is 12.3. The Labute approximate surface area is 164 Å². The largest absolute Gasteiger partial charge is 0.493 e. The number of benzene rings is 2. The van der Waals surface area contributed by atoms with Gasteiger partial charge in [-0.3, -0.25) is 9.59 Å². The fourth-order valence-corrected chi connectivity index (χ4v) is 2.69. The zero-order valence-electron chi connectivity index (χ0n) is 16.0. The fraction of sp³-hybridized carbons (Fsp3) is 0.273. The number of methoxy groups -OCH3 is 1. The molecule has 0 radical (unpaired) electrons. The van der Waals surface area contributed by atoms with Crippen molar-refractivity contribution in [1.29, 1.82) is 0 Å². The summed E-state index contributed by atoms with van der Waals surface area (Å²) in [6, 6.07) is 12.7. The van der Waals surface area contributed by atoms with Crippen LogP contribution in [0.4, 0.5) is 5.69 Å². The number of nitrogens with one attached hydrogen (secondary N) is 2. The van der Waals surface area contributed by atoms with E-state index in [-0.39, 0.29) is 17.9 Å². The molecule has 1 saturated carbocycles. The van der Waals surface area contributed by atoms with Crippen molar-refractivity contribution in [2.75, 3.05) is 19.0 Å². The average molecular weight is 380 g/mol. The van der Waals surface area contributed by atoms with Gasteiger partial charge in [-0.15, -0.1) is 0 Å². The quantitative estimate of drug-likeness (QED) is 0.686. The molecule has 0 aliphatic heterocycles. The van der Waals surface area contributed by atoms with Crippen molar-refractivity contribution >= 4 is 23.6 Å². The summed E-state index contributed by atoms with van der Waals surface area (Å²) in [5.41, 5.74) is 1.74. The maximum atomic E-state index is 12.3. The first-order valence-electron chi connectivity index (χ1n) is 9.30. The van der Waals surface area contributed by atoms with Gasteiger partial charge in [0, 0.05) is 12.1 Å². The van der Waals surface area contributed by atoms with Crippen molar-refractivity contribution < 1.29 is 19.1 Å². The van der Waals surface area contributed by atoms with E-state index in [2.05, 4.69) is 10.6 Å². The van der Waals surface area contributed by atoms with E-state index in [1.54, 1.807) is 49.6 Å². The fourth-order valence-electron chi connectivity index (χ4n) is 2.69. The topological polar surface area (TPSA) is 76.7 Å². The van der Waals surface area contributed by atoms with Gasteiger partial charge in [-0.25, -0.2) is 0 Å². The zero-order valence-corrected chi connectivity index (χ0v) is 16.0. The summed E-state index contributed by atoms with van der Waals surface area (Å²) in [6.45, 7) is 2.45. The number of anilines is 1. The number of ether oxygens (including phenoxy) is 2. The molecule has 2 N–H and O–H groups in total. The molecule has 1 fully saturated rings. The number of hydrogen-bond acceptors (Lipinski definition) is 4. The lowest BCUT2D eigenvalue weighted by Crippen LogP contribution is -2.26. The minimum atomic E-state index is -0.320. The van der Waals surface area contributed by atoms with Crippen LogP contribution in [-0.2, 0) is 4.79 Å². The Bertz CT molecular complexity index is 888. The predicted octanol–water partition coefficient (Wildman–Crippen LogP) is 3.64. The van der Waals surface area contributed by atoms with Crippen molar-refractivity contribution in [3.8, 4) is 11.5 Å². The van der Waals surface area contributed by atoms with E-state index in [1.165, 1.54) is 6.08 Å². The van der Waals surface area contributed by atoms with Crippen LogP contribution >= 0.6 is 0 Å². The lowest BCUT2D eigenvalue weighted by atomic mass is 10.1. The summed E-state index contributed by atoms with van der Waals surface area (Å²) in [5.74, 6) is 0.770. The summed E-state index contributed by atoms with van der Waals surface area (Å²) >= 11 is 0. The van der Waals surface area contributed by atoms with Crippen molar-refractivity contribution in [3.63, 3.8) is 0 Å². The van der Waals surface area contributed by atoms with Crippen molar-refractivity contribution in [2.45, 2.75) is 25.8 Å². The molecule has 0 atom stereocenters. The van der Waals surface area contributed by atoms with Crippen LogP contribution < -0.4 is 20.1 Å². The van der Waals surface area contributed by atoms with Gasteiger partial charge in [0.2, 0.25) is 5.91 Å². The van der Waals surface area contributed by atoms with Gasteiger partial charge in [-0.05, 0) is 55.7 Å². The van der Waals surface area contributed by atoms with Crippen molar-refractivity contribution in [3.05, 3.63) is 59.7 Å². The van der Waals surface area contributed by atoms with Gasteiger partial charge in [0.25, 0.3) is 5.91 Å². The summed E-state index contributed by atoms with van der Waals surface area (Å²) < 4.78 is 10.8. The summed E-state index contributed by atoms with van der Waals surface area (Å²) in [6.07, 6.45) is 5.12. The lowest BCUT2D eigenvalue weighted by molar-refractivity contribution is -0.111. The summed E-state index contributed by atoms with van der Waals surface area (Å²) in [4.78, 5) is 24.7. The van der Waals surface area contributed by atoms with Gasteiger partial charge in [0.15, 0.2) is 11.5 Å². The first-order valence-corrected chi connectivity index (χ1v) is 9.30. The molecule has 2 aromatic carbocycles. The normalized spacial score (nSPS) is 13.2. The molecule has 0 unspecified atom stereocenters. The Balaban J connectivity index is 1.68. The highest BCUT2D eigenvalue weighted by molar-refractivity contribution is 6.07. The van der Waals surface area contributed by atoms with Gasteiger partial charge < -0.3 is 20.1 Å². The summed E-state index contributed by atoms with van der Waals surface area (Å²) in [5, 5.41) is 5.71. The van der Waals surface area contributed by atoms with Crippen LogP contribution in [0.1, 0.15) is 35.7 Å². The highest BCUT2D eigenvalue weighted by atomic mass is 16.5. The highest BCUT2D eigenvalue weighted by Crippen LogP contribution is 2.28. The second kappa shape index (κ2) is 9.08. The van der Waals surface area contributed by atoms with E-state index in [1.807, 2.05) is 13.0 Å². The van der Waals surface area contributed by atoms with Crippen LogP contribution in [0.5, 0.6) is 11.5 Å².